The van der Waals surface area contributed by atoms with E-state index < -0.39 is 5.09 Å². The summed E-state index contributed by atoms with van der Waals surface area (Å²) in [7, 11) is 0. The predicted molar refractivity (Wildman–Crippen MR) is 8.78 cm³/mol. The van der Waals surface area contributed by atoms with E-state index in [9.17, 15) is 0 Å². The molecule has 0 aliphatic carbocycles. The largest absolute Gasteiger partial charge is 0.328 e. The summed E-state index contributed by atoms with van der Waals surface area (Å²) < 4.78 is 0. The van der Waals surface area contributed by atoms with Crippen LogP contribution in [0.4, 0.5) is 0 Å². The van der Waals surface area contributed by atoms with E-state index in [-0.39, 0.29) is 40.4 Å². The van der Waals surface area contributed by atoms with Crippen molar-refractivity contribution in [2.45, 2.75) is 0 Å². The van der Waals surface area contributed by atoms with Gasteiger partial charge in [-0.2, -0.15) is 0 Å². The third-order valence-corrected chi connectivity index (χ3v) is 0. The predicted octanol–water partition coefficient (Wildman–Crippen LogP) is -0.348. The Bertz CT molecular complexity index is 29.9. The van der Waals surface area contributed by atoms with E-state index in [2.05, 4.69) is 0 Å². The summed E-state index contributed by atoms with van der Waals surface area (Å²) >= 11 is 0. The van der Waals surface area contributed by atoms with Crippen LogP contribution in [0.15, 0.2) is 0 Å². The molecular weight excluding hydrogens is 212 g/mol. The van der Waals surface area contributed by atoms with Gasteiger partial charge in [-0.25, -0.2) is 0 Å². The summed E-state index contributed by atoms with van der Waals surface area (Å²) in [6, 6.07) is 0. The Labute approximate surface area is 60.4 Å². The van der Waals surface area contributed by atoms with Crippen molar-refractivity contribution in [2.75, 3.05) is 0 Å². The normalized spacial score (nSPS) is 4.80. The van der Waals surface area contributed by atoms with Crippen LogP contribution < -0.4 is 0 Å². The summed E-state index contributed by atoms with van der Waals surface area (Å²) in [5.41, 5.74) is 0. The first kappa shape index (κ1) is 9.11. The molecular formula is HNO3Sm. The maximum Gasteiger partial charge on any atom is 0.291 e. The van der Waals surface area contributed by atoms with Gasteiger partial charge in [-0.1, -0.05) is 0 Å². The Kier molecular flexibility index (Phi) is 8.27. The fourth-order valence-electron chi connectivity index (χ4n) is 0. The van der Waals surface area contributed by atoms with Crippen molar-refractivity contribution in [1.29, 1.82) is 0 Å². The minimum Gasteiger partial charge on any atom is -0.328 e. The molecule has 0 aliphatic heterocycles. The second kappa shape index (κ2) is 4.54. The van der Waals surface area contributed by atoms with Crippen LogP contribution in [-0.4, -0.2) is 10.3 Å². The SMILES string of the molecule is O=[N+]([O-])O.[Sm]. The zero-order valence-electron chi connectivity index (χ0n) is 2.12. The molecule has 0 aliphatic rings. The number of rotatable bonds is 0. The Morgan fingerprint density at radius 2 is 1.80 bits per heavy atom. The van der Waals surface area contributed by atoms with Crippen LogP contribution in [0.1, 0.15) is 0 Å². The van der Waals surface area contributed by atoms with Crippen molar-refractivity contribution in [1.82, 2.24) is 0 Å². The van der Waals surface area contributed by atoms with Gasteiger partial charge in [-0.3, -0.25) is 0 Å². The molecule has 1 N–H and O–H groups in total. The molecule has 4 nitrogen and oxygen atoms in total. The summed E-state index contributed by atoms with van der Waals surface area (Å²) in [6.07, 6.45) is 0. The number of hydrogen-bond acceptors (Lipinski definition) is 2. The molecule has 0 aromatic rings. The number of hydrogen-bond donors (Lipinski definition) is 1. The van der Waals surface area contributed by atoms with Crippen LogP contribution in [-0.2, 0) is 0 Å². The van der Waals surface area contributed by atoms with Crippen LogP contribution in [0.25, 0.3) is 0 Å². The molecule has 0 saturated carbocycles. The molecule has 0 spiro atoms. The van der Waals surface area contributed by atoms with Gasteiger partial charge in [-0.15, -0.1) is 10.1 Å². The third-order valence-electron chi connectivity index (χ3n) is 0. The molecule has 0 amide bonds. The molecule has 0 aromatic heterocycles. The van der Waals surface area contributed by atoms with Gasteiger partial charge in [0.2, 0.25) is 0 Å². The molecule has 0 saturated heterocycles. The van der Waals surface area contributed by atoms with E-state index in [1.807, 2.05) is 0 Å². The van der Waals surface area contributed by atoms with Gasteiger partial charge >= 0.3 is 0 Å². The molecule has 0 rings (SSSR count). The molecule has 0 fully saturated rings. The van der Waals surface area contributed by atoms with E-state index in [0.29, 0.717) is 0 Å². The molecule has 0 atom stereocenters. The Morgan fingerprint density at radius 1 is 1.80 bits per heavy atom. The average molecular weight is 213 g/mol. The summed E-state index contributed by atoms with van der Waals surface area (Å²) in [6.45, 7) is 0. The fourth-order valence-corrected chi connectivity index (χ4v) is 0. The van der Waals surface area contributed by atoms with Gasteiger partial charge in [0.25, 0.3) is 5.09 Å². The standard InChI is InChI=1S/HNO3.Sm/c2-1(3)4;/h(H,2,3,4);. The first-order valence-electron chi connectivity index (χ1n) is 0.565. The first-order valence-corrected chi connectivity index (χ1v) is 0.565. The summed E-state index contributed by atoms with van der Waals surface area (Å²) in [5, 5.41) is 13.6. The average Bonchev–Trinajstić information content (AvgIpc) is 0.811. The van der Waals surface area contributed by atoms with Crippen molar-refractivity contribution in [3.63, 3.8) is 0 Å². The minimum atomic E-state index is -1.50. The van der Waals surface area contributed by atoms with E-state index >= 15 is 0 Å². The smallest absolute Gasteiger partial charge is 0.291 e. The van der Waals surface area contributed by atoms with E-state index in [1.54, 1.807) is 0 Å². The van der Waals surface area contributed by atoms with Crippen LogP contribution in [0.2, 0.25) is 0 Å². The van der Waals surface area contributed by atoms with E-state index in [0.717, 1.165) is 0 Å². The molecule has 0 radical (unpaired) electrons. The molecule has 0 aromatic carbocycles. The van der Waals surface area contributed by atoms with Crippen molar-refractivity contribution in [2.24, 2.45) is 0 Å². The summed E-state index contributed by atoms with van der Waals surface area (Å²) in [4.78, 5) is 8.36. The quantitative estimate of drug-likeness (QED) is 0.442. The van der Waals surface area contributed by atoms with Crippen molar-refractivity contribution < 1.29 is 50.7 Å². The summed E-state index contributed by atoms with van der Waals surface area (Å²) in [5.74, 6) is 0. The molecule has 30 valence electrons. The Balaban J connectivity index is 0. The number of nitrogens with zero attached hydrogens (tertiary/aromatic N) is 1. The zero-order valence-corrected chi connectivity index (χ0v) is 4.74. The van der Waals surface area contributed by atoms with Gasteiger partial charge in [-0.05, 0) is 0 Å². The van der Waals surface area contributed by atoms with Gasteiger partial charge in [0.1, 0.15) is 0 Å². The zero-order chi connectivity index (χ0) is 3.58. The maximum atomic E-state index is 8.36. The second-order valence-corrected chi connectivity index (χ2v) is 0.238. The Morgan fingerprint density at radius 3 is 1.80 bits per heavy atom. The van der Waals surface area contributed by atoms with Gasteiger partial charge in [0.15, 0.2) is 0 Å². The van der Waals surface area contributed by atoms with E-state index in [1.165, 1.54) is 0 Å². The van der Waals surface area contributed by atoms with Crippen LogP contribution in [0.3, 0.4) is 0 Å². The van der Waals surface area contributed by atoms with Gasteiger partial charge in [0, 0.05) is 40.4 Å². The monoisotopic (exact) mass is 215 g/mol. The molecule has 5 heavy (non-hydrogen) atoms. The molecule has 0 heterocycles. The van der Waals surface area contributed by atoms with Gasteiger partial charge < -0.3 is 5.21 Å². The van der Waals surface area contributed by atoms with Crippen LogP contribution in [0.5, 0.6) is 0 Å². The van der Waals surface area contributed by atoms with Crippen molar-refractivity contribution in [3.05, 3.63) is 10.1 Å². The first-order chi connectivity index (χ1) is 1.73. The topological polar surface area (TPSA) is 63.4 Å². The fraction of sp³-hybridized carbons (Fsp3) is 0. The van der Waals surface area contributed by atoms with Crippen molar-refractivity contribution in [3.8, 4) is 0 Å². The van der Waals surface area contributed by atoms with Crippen molar-refractivity contribution >= 4 is 0 Å². The van der Waals surface area contributed by atoms with Crippen LogP contribution >= 0.6 is 0 Å². The van der Waals surface area contributed by atoms with E-state index in [4.69, 9.17) is 15.3 Å². The third kappa shape index (κ3) is 101. The Hall–Kier alpha value is 0.538. The maximum absolute atomic E-state index is 8.36. The van der Waals surface area contributed by atoms with Gasteiger partial charge in [0.05, 0.1) is 0 Å². The molecule has 0 bridgehead atoms. The molecule has 5 heteroatoms. The second-order valence-electron chi connectivity index (χ2n) is 0.238. The molecule has 0 unspecified atom stereocenters. The minimum absolute atomic E-state index is 0. The van der Waals surface area contributed by atoms with Crippen LogP contribution in [0, 0.1) is 50.5 Å².